The number of ether oxygens (including phenoxy) is 1. The first-order valence-electron chi connectivity index (χ1n) is 8.37. The Balaban J connectivity index is 3.84. The average molecular weight is 285 g/mol. The summed E-state index contributed by atoms with van der Waals surface area (Å²) < 4.78 is 5.14. The molecule has 0 N–H and O–H groups in total. The number of nitrogens with zero attached hydrogens (tertiary/aromatic N) is 1. The quantitative estimate of drug-likeness (QED) is 0.504. The minimum Gasteiger partial charge on any atom is -0.450 e. The van der Waals surface area contributed by atoms with Gasteiger partial charge in [0.25, 0.3) is 0 Å². The van der Waals surface area contributed by atoms with E-state index in [1.807, 2.05) is 11.8 Å². The Bertz CT molecular complexity index is 246. The monoisotopic (exact) mass is 285 g/mol. The molecule has 3 heteroatoms. The van der Waals surface area contributed by atoms with E-state index in [0.29, 0.717) is 6.61 Å². The molecule has 0 aromatic carbocycles. The Labute approximate surface area is 126 Å². The highest BCUT2D eigenvalue weighted by atomic mass is 16.6. The summed E-state index contributed by atoms with van der Waals surface area (Å²) in [6.45, 7) is 11.5. The Kier molecular flexibility index (Phi) is 10.6. The third kappa shape index (κ3) is 9.22. The summed E-state index contributed by atoms with van der Waals surface area (Å²) in [5.74, 6) is 0. The van der Waals surface area contributed by atoms with E-state index in [1.54, 1.807) is 0 Å². The molecule has 0 radical (unpaired) electrons. The van der Waals surface area contributed by atoms with E-state index in [9.17, 15) is 4.79 Å². The zero-order valence-electron chi connectivity index (χ0n) is 14.3. The number of carbonyl (C=O) groups excluding carboxylic acids is 1. The number of unbranched alkanes of at least 4 members (excludes halogenated alkanes) is 7. The summed E-state index contributed by atoms with van der Waals surface area (Å²) in [5, 5.41) is 0. The van der Waals surface area contributed by atoms with Crippen LogP contribution in [0.2, 0.25) is 0 Å². The molecule has 0 atom stereocenters. The molecule has 0 bridgehead atoms. The first-order valence-corrected chi connectivity index (χ1v) is 8.37. The molecule has 3 nitrogen and oxygen atoms in total. The van der Waals surface area contributed by atoms with Crippen molar-refractivity contribution in [3.05, 3.63) is 0 Å². The third-order valence-electron chi connectivity index (χ3n) is 3.53. The van der Waals surface area contributed by atoms with Gasteiger partial charge in [-0.3, -0.25) is 0 Å². The highest BCUT2D eigenvalue weighted by Gasteiger charge is 2.26. The number of amides is 1. The minimum absolute atomic E-state index is 0.159. The molecule has 0 fully saturated rings. The van der Waals surface area contributed by atoms with Gasteiger partial charge in [0.15, 0.2) is 0 Å². The smallest absolute Gasteiger partial charge is 0.410 e. The molecule has 0 aromatic rings. The SMILES string of the molecule is CCCCCCCCCCN(C(=O)OCC)C(C)(C)C. The van der Waals surface area contributed by atoms with Crippen LogP contribution < -0.4 is 0 Å². The van der Waals surface area contributed by atoms with Crippen LogP contribution in [0.4, 0.5) is 4.79 Å². The Hall–Kier alpha value is -0.730. The number of rotatable bonds is 10. The maximum absolute atomic E-state index is 11.9. The molecule has 0 aliphatic rings. The van der Waals surface area contributed by atoms with Gasteiger partial charge in [-0.2, -0.15) is 0 Å². The van der Waals surface area contributed by atoms with Gasteiger partial charge in [-0.1, -0.05) is 51.9 Å². The molecule has 0 aliphatic heterocycles. The van der Waals surface area contributed by atoms with Crippen molar-refractivity contribution >= 4 is 6.09 Å². The standard InChI is InChI=1S/C17H35NO2/c1-6-8-9-10-11-12-13-14-15-18(17(3,4)5)16(19)20-7-2/h6-15H2,1-5H3. The fourth-order valence-corrected chi connectivity index (χ4v) is 2.31. The highest BCUT2D eigenvalue weighted by Crippen LogP contribution is 2.17. The van der Waals surface area contributed by atoms with Crippen LogP contribution in [0.1, 0.15) is 86.0 Å². The Morgan fingerprint density at radius 3 is 1.85 bits per heavy atom. The van der Waals surface area contributed by atoms with Crippen molar-refractivity contribution in [1.29, 1.82) is 0 Å². The van der Waals surface area contributed by atoms with Crippen LogP contribution in [0.25, 0.3) is 0 Å². The maximum Gasteiger partial charge on any atom is 0.410 e. The lowest BCUT2D eigenvalue weighted by molar-refractivity contribution is 0.0702. The molecule has 0 unspecified atom stereocenters. The first kappa shape index (κ1) is 19.3. The molecule has 0 saturated heterocycles. The van der Waals surface area contributed by atoms with Gasteiger partial charge in [-0.25, -0.2) is 4.79 Å². The molecule has 0 heterocycles. The summed E-state index contributed by atoms with van der Waals surface area (Å²) in [6, 6.07) is 0. The second-order valence-corrected chi connectivity index (χ2v) is 6.50. The summed E-state index contributed by atoms with van der Waals surface area (Å²) in [7, 11) is 0. The van der Waals surface area contributed by atoms with Crippen molar-refractivity contribution in [1.82, 2.24) is 4.90 Å². The van der Waals surface area contributed by atoms with E-state index < -0.39 is 0 Å². The molecular weight excluding hydrogens is 250 g/mol. The highest BCUT2D eigenvalue weighted by molar-refractivity contribution is 5.68. The van der Waals surface area contributed by atoms with Crippen LogP contribution in [0.3, 0.4) is 0 Å². The molecule has 0 rings (SSSR count). The van der Waals surface area contributed by atoms with E-state index in [2.05, 4.69) is 27.7 Å². The molecule has 1 amide bonds. The second kappa shape index (κ2) is 11.0. The lowest BCUT2D eigenvalue weighted by atomic mass is 10.0. The van der Waals surface area contributed by atoms with Gasteiger partial charge in [0.1, 0.15) is 0 Å². The average Bonchev–Trinajstić information content (AvgIpc) is 2.35. The van der Waals surface area contributed by atoms with Crippen molar-refractivity contribution in [2.75, 3.05) is 13.2 Å². The molecule has 20 heavy (non-hydrogen) atoms. The van der Waals surface area contributed by atoms with Crippen LogP contribution in [0.15, 0.2) is 0 Å². The van der Waals surface area contributed by atoms with Crippen LogP contribution in [0, 0.1) is 0 Å². The molecule has 0 spiro atoms. The summed E-state index contributed by atoms with van der Waals surface area (Å²) in [4.78, 5) is 13.8. The predicted molar refractivity (Wildman–Crippen MR) is 86.1 cm³/mol. The topological polar surface area (TPSA) is 29.5 Å². The van der Waals surface area contributed by atoms with Crippen LogP contribution in [-0.2, 0) is 4.74 Å². The number of hydrogen-bond donors (Lipinski definition) is 0. The third-order valence-corrected chi connectivity index (χ3v) is 3.53. The first-order chi connectivity index (χ1) is 9.43. The van der Waals surface area contributed by atoms with Gasteiger partial charge in [-0.05, 0) is 34.1 Å². The molecule has 0 saturated carbocycles. The van der Waals surface area contributed by atoms with E-state index in [4.69, 9.17) is 4.74 Å². The van der Waals surface area contributed by atoms with Crippen molar-refractivity contribution in [3.8, 4) is 0 Å². The number of hydrogen-bond acceptors (Lipinski definition) is 2. The van der Waals surface area contributed by atoms with E-state index in [0.717, 1.165) is 13.0 Å². The van der Waals surface area contributed by atoms with Crippen LogP contribution >= 0.6 is 0 Å². The van der Waals surface area contributed by atoms with E-state index >= 15 is 0 Å². The van der Waals surface area contributed by atoms with Crippen molar-refractivity contribution in [2.24, 2.45) is 0 Å². The van der Waals surface area contributed by atoms with Gasteiger partial charge < -0.3 is 9.64 Å². The lowest BCUT2D eigenvalue weighted by Gasteiger charge is -2.34. The molecule has 120 valence electrons. The molecule has 0 aliphatic carbocycles. The predicted octanol–water partition coefficient (Wildman–Crippen LogP) is 5.38. The fourth-order valence-electron chi connectivity index (χ4n) is 2.31. The van der Waals surface area contributed by atoms with Crippen LogP contribution in [-0.4, -0.2) is 29.7 Å². The van der Waals surface area contributed by atoms with Gasteiger partial charge in [0, 0.05) is 12.1 Å². The zero-order chi connectivity index (χ0) is 15.4. The van der Waals surface area contributed by atoms with E-state index in [-0.39, 0.29) is 11.6 Å². The van der Waals surface area contributed by atoms with Crippen molar-refractivity contribution in [2.45, 2.75) is 91.5 Å². The van der Waals surface area contributed by atoms with Crippen LogP contribution in [0.5, 0.6) is 0 Å². The van der Waals surface area contributed by atoms with Gasteiger partial charge in [0.05, 0.1) is 6.61 Å². The van der Waals surface area contributed by atoms with Gasteiger partial charge >= 0.3 is 6.09 Å². The molecule has 0 aromatic heterocycles. The van der Waals surface area contributed by atoms with Gasteiger partial charge in [-0.15, -0.1) is 0 Å². The van der Waals surface area contributed by atoms with Crippen molar-refractivity contribution < 1.29 is 9.53 Å². The van der Waals surface area contributed by atoms with Crippen molar-refractivity contribution in [3.63, 3.8) is 0 Å². The zero-order valence-corrected chi connectivity index (χ0v) is 14.3. The van der Waals surface area contributed by atoms with Gasteiger partial charge in [0.2, 0.25) is 0 Å². The maximum atomic E-state index is 11.9. The Morgan fingerprint density at radius 2 is 1.40 bits per heavy atom. The number of carbonyl (C=O) groups is 1. The fraction of sp³-hybridized carbons (Fsp3) is 0.941. The normalized spacial score (nSPS) is 11.4. The van der Waals surface area contributed by atoms with E-state index in [1.165, 1.54) is 44.9 Å². The minimum atomic E-state index is -0.178. The summed E-state index contributed by atoms with van der Waals surface area (Å²) in [5.41, 5.74) is -0.159. The largest absolute Gasteiger partial charge is 0.450 e. The lowest BCUT2D eigenvalue weighted by Crippen LogP contribution is -2.46. The molecular formula is C17H35NO2. The second-order valence-electron chi connectivity index (χ2n) is 6.50. The summed E-state index contributed by atoms with van der Waals surface area (Å²) >= 11 is 0. The Morgan fingerprint density at radius 1 is 0.900 bits per heavy atom. The summed E-state index contributed by atoms with van der Waals surface area (Å²) in [6.07, 6.45) is 10.1.